The van der Waals surface area contributed by atoms with Gasteiger partial charge in [-0.25, -0.2) is 3.97 Å². The molecule has 2 N–H and O–H groups in total. The van der Waals surface area contributed by atoms with Crippen LogP contribution in [-0.4, -0.2) is 26.0 Å². The molecule has 0 aliphatic carbocycles. The van der Waals surface area contributed by atoms with Crippen LogP contribution in [0.5, 0.6) is 5.75 Å². The number of ether oxygens (including phenoxy) is 1. The smallest absolute Gasteiger partial charge is 0.277 e. The van der Waals surface area contributed by atoms with Crippen molar-refractivity contribution >= 4 is 32.3 Å². The first kappa shape index (κ1) is 15.1. The van der Waals surface area contributed by atoms with Crippen LogP contribution in [0.25, 0.3) is 10.9 Å². The Balaban J connectivity index is 2.27. The zero-order chi connectivity index (χ0) is 15.7. The van der Waals surface area contributed by atoms with Gasteiger partial charge in [0.1, 0.15) is 9.96 Å². The third kappa shape index (κ3) is 2.41. The van der Waals surface area contributed by atoms with Gasteiger partial charge in [-0.05, 0) is 48.2 Å². The van der Waals surface area contributed by atoms with Crippen molar-refractivity contribution in [3.8, 4) is 5.75 Å². The molecule has 0 saturated carbocycles. The van der Waals surface area contributed by atoms with E-state index in [1.54, 1.807) is 43.0 Å². The average molecular weight is 336 g/mol. The van der Waals surface area contributed by atoms with E-state index in [9.17, 15) is 8.42 Å². The van der Waals surface area contributed by atoms with Crippen molar-refractivity contribution < 1.29 is 13.2 Å². The minimum atomic E-state index is -3.59. The molecule has 2 heterocycles. The fourth-order valence-electron chi connectivity index (χ4n) is 2.43. The molecule has 0 spiro atoms. The molecule has 7 heteroatoms. The van der Waals surface area contributed by atoms with Crippen molar-refractivity contribution in [1.29, 1.82) is 0 Å². The zero-order valence-corrected chi connectivity index (χ0v) is 13.7. The van der Waals surface area contributed by atoms with E-state index in [0.29, 0.717) is 28.4 Å². The van der Waals surface area contributed by atoms with E-state index in [4.69, 9.17) is 10.5 Å². The van der Waals surface area contributed by atoms with Crippen LogP contribution >= 0.6 is 11.3 Å². The predicted octanol–water partition coefficient (Wildman–Crippen LogP) is 2.45. The maximum Gasteiger partial charge on any atom is 0.277 e. The predicted molar refractivity (Wildman–Crippen MR) is 88.2 cm³/mol. The second kappa shape index (κ2) is 5.75. The molecule has 0 saturated heterocycles. The van der Waals surface area contributed by atoms with Gasteiger partial charge in [-0.1, -0.05) is 6.07 Å². The molecule has 2 aromatic heterocycles. The summed E-state index contributed by atoms with van der Waals surface area (Å²) in [4.78, 5) is 0. The second-order valence-electron chi connectivity index (χ2n) is 4.81. The van der Waals surface area contributed by atoms with Crippen LogP contribution in [0, 0.1) is 0 Å². The van der Waals surface area contributed by atoms with E-state index in [0.717, 1.165) is 10.9 Å². The monoisotopic (exact) mass is 336 g/mol. The van der Waals surface area contributed by atoms with Gasteiger partial charge in [0.2, 0.25) is 0 Å². The Bertz CT molecular complexity index is 896. The fraction of sp³-hybridized carbons (Fsp3) is 0.200. The van der Waals surface area contributed by atoms with Crippen molar-refractivity contribution in [2.75, 3.05) is 13.7 Å². The van der Waals surface area contributed by atoms with Crippen molar-refractivity contribution in [3.05, 3.63) is 47.5 Å². The summed E-state index contributed by atoms with van der Waals surface area (Å²) in [5.74, 6) is 0.692. The summed E-state index contributed by atoms with van der Waals surface area (Å²) in [6, 6.07) is 8.71. The molecule has 5 nitrogen and oxygen atoms in total. The molecule has 1 aromatic carbocycles. The average Bonchev–Trinajstić information content (AvgIpc) is 3.16. The third-order valence-electron chi connectivity index (χ3n) is 3.48. The number of nitrogens with zero attached hydrogens (tertiary/aromatic N) is 1. The minimum Gasteiger partial charge on any atom is -0.497 e. The molecule has 0 aliphatic rings. The minimum absolute atomic E-state index is 0.319. The Morgan fingerprint density at radius 1 is 1.32 bits per heavy atom. The maximum atomic E-state index is 12.8. The summed E-state index contributed by atoms with van der Waals surface area (Å²) in [6.45, 7) is 0.454. The summed E-state index contributed by atoms with van der Waals surface area (Å²) in [5.41, 5.74) is 7.18. The lowest BCUT2D eigenvalue weighted by atomic mass is 10.1. The van der Waals surface area contributed by atoms with Crippen LogP contribution in [0.4, 0.5) is 0 Å². The zero-order valence-electron chi connectivity index (χ0n) is 12.0. The van der Waals surface area contributed by atoms with E-state index in [1.807, 2.05) is 6.07 Å². The molecule has 0 atom stereocenters. The van der Waals surface area contributed by atoms with Gasteiger partial charge in [0.25, 0.3) is 10.0 Å². The third-order valence-corrected chi connectivity index (χ3v) is 6.53. The van der Waals surface area contributed by atoms with Gasteiger partial charge < -0.3 is 10.5 Å². The molecule has 0 fully saturated rings. The summed E-state index contributed by atoms with van der Waals surface area (Å²) < 4.78 is 32.5. The quantitative estimate of drug-likeness (QED) is 0.776. The molecular formula is C15H16N2O3S2. The number of fused-ring (bicyclic) bond motifs is 1. The molecule has 0 aliphatic heterocycles. The first-order chi connectivity index (χ1) is 10.6. The van der Waals surface area contributed by atoms with Crippen molar-refractivity contribution in [1.82, 2.24) is 3.97 Å². The Hall–Kier alpha value is -1.83. The summed E-state index contributed by atoms with van der Waals surface area (Å²) in [7, 11) is -2.00. The molecule has 116 valence electrons. The highest BCUT2D eigenvalue weighted by Gasteiger charge is 2.22. The van der Waals surface area contributed by atoms with Crippen molar-refractivity contribution in [3.63, 3.8) is 0 Å². The van der Waals surface area contributed by atoms with Crippen LogP contribution in [0.1, 0.15) is 5.56 Å². The van der Waals surface area contributed by atoms with E-state index in [2.05, 4.69) is 0 Å². The van der Waals surface area contributed by atoms with Crippen LogP contribution < -0.4 is 10.5 Å². The van der Waals surface area contributed by atoms with Crippen LogP contribution in [0.3, 0.4) is 0 Å². The highest BCUT2D eigenvalue weighted by Crippen LogP contribution is 2.30. The Morgan fingerprint density at radius 2 is 2.14 bits per heavy atom. The Kier molecular flexibility index (Phi) is 3.94. The highest BCUT2D eigenvalue weighted by atomic mass is 32.2. The number of methoxy groups -OCH3 is 1. The fourth-order valence-corrected chi connectivity index (χ4v) is 4.90. The van der Waals surface area contributed by atoms with Gasteiger partial charge >= 0.3 is 0 Å². The Morgan fingerprint density at radius 3 is 2.77 bits per heavy atom. The molecule has 0 unspecified atom stereocenters. The number of benzene rings is 1. The van der Waals surface area contributed by atoms with Gasteiger partial charge in [0.15, 0.2) is 0 Å². The van der Waals surface area contributed by atoms with Gasteiger partial charge in [-0.2, -0.15) is 8.42 Å². The van der Waals surface area contributed by atoms with Gasteiger partial charge in [0.05, 0.1) is 12.6 Å². The maximum absolute atomic E-state index is 12.8. The standard InChI is InChI=1S/C15H16N2O3S2/c1-20-12-4-5-14-13(9-12)11(6-7-16)10-17(14)22(18,19)15-3-2-8-21-15/h2-5,8-10H,6-7,16H2,1H3. The van der Waals surface area contributed by atoms with Gasteiger partial charge in [0, 0.05) is 11.6 Å². The normalized spacial score (nSPS) is 11.9. The number of nitrogens with two attached hydrogens (primary N) is 1. The number of hydrogen-bond donors (Lipinski definition) is 1. The SMILES string of the molecule is COc1ccc2c(c1)c(CCN)cn2S(=O)(=O)c1cccs1. The molecule has 3 aromatic rings. The summed E-state index contributed by atoms with van der Waals surface area (Å²) >= 11 is 1.21. The van der Waals surface area contributed by atoms with E-state index >= 15 is 0 Å². The number of thiophene rings is 1. The molecule has 22 heavy (non-hydrogen) atoms. The molecular weight excluding hydrogens is 320 g/mol. The molecule has 0 radical (unpaired) electrons. The molecule has 0 bridgehead atoms. The lowest BCUT2D eigenvalue weighted by Gasteiger charge is -2.06. The highest BCUT2D eigenvalue weighted by molar-refractivity contribution is 7.92. The van der Waals surface area contributed by atoms with Crippen molar-refractivity contribution in [2.24, 2.45) is 5.73 Å². The number of aromatic nitrogens is 1. The number of rotatable bonds is 5. The van der Waals surface area contributed by atoms with E-state index in [1.165, 1.54) is 15.3 Å². The summed E-state index contributed by atoms with van der Waals surface area (Å²) in [5, 5.41) is 2.60. The molecule has 3 rings (SSSR count). The molecule has 0 amide bonds. The largest absolute Gasteiger partial charge is 0.497 e. The van der Waals surface area contributed by atoms with Crippen LogP contribution in [0.15, 0.2) is 46.1 Å². The topological polar surface area (TPSA) is 74.3 Å². The van der Waals surface area contributed by atoms with Crippen molar-refractivity contribution in [2.45, 2.75) is 10.6 Å². The first-order valence-electron chi connectivity index (χ1n) is 6.75. The second-order valence-corrected chi connectivity index (χ2v) is 7.80. The van der Waals surface area contributed by atoms with Gasteiger partial charge in [-0.3, -0.25) is 0 Å². The first-order valence-corrected chi connectivity index (χ1v) is 9.07. The van der Waals surface area contributed by atoms with E-state index in [-0.39, 0.29) is 0 Å². The van der Waals surface area contributed by atoms with Crippen LogP contribution in [0.2, 0.25) is 0 Å². The van der Waals surface area contributed by atoms with Gasteiger partial charge in [-0.15, -0.1) is 11.3 Å². The van der Waals surface area contributed by atoms with Crippen LogP contribution in [-0.2, 0) is 16.4 Å². The Labute approximate surface area is 133 Å². The lowest BCUT2D eigenvalue weighted by Crippen LogP contribution is -2.10. The lowest BCUT2D eigenvalue weighted by molar-refractivity contribution is 0.415. The summed E-state index contributed by atoms with van der Waals surface area (Å²) in [6.07, 6.45) is 2.27. The van der Waals surface area contributed by atoms with E-state index < -0.39 is 10.0 Å². The number of hydrogen-bond acceptors (Lipinski definition) is 5.